The maximum Gasteiger partial charge on any atom is 0.231 e. The van der Waals surface area contributed by atoms with Gasteiger partial charge in [0.05, 0.1) is 11.7 Å². The number of fused-ring (bicyclic) bond motifs is 1. The monoisotopic (exact) mass is 333 g/mol. The zero-order valence-corrected chi connectivity index (χ0v) is 13.9. The Labute approximate surface area is 146 Å². The van der Waals surface area contributed by atoms with Crippen LogP contribution in [0.15, 0.2) is 67.0 Å². The Balaban J connectivity index is 1.50. The Bertz CT molecular complexity index is 889. The normalized spacial score (nSPS) is 16.8. The summed E-state index contributed by atoms with van der Waals surface area (Å²) in [4.78, 5) is 12.7. The van der Waals surface area contributed by atoms with E-state index in [-0.39, 0.29) is 17.9 Å². The first-order chi connectivity index (χ1) is 12.2. The number of nitrogens with zero attached hydrogens (tertiary/aromatic N) is 2. The molecule has 2 aromatic carbocycles. The van der Waals surface area contributed by atoms with E-state index in [0.29, 0.717) is 6.61 Å². The zero-order valence-electron chi connectivity index (χ0n) is 13.9. The van der Waals surface area contributed by atoms with Crippen LogP contribution in [0.25, 0.3) is 5.69 Å². The minimum atomic E-state index is -0.257. The number of amides is 1. The molecule has 1 amide bonds. The predicted octanol–water partition coefficient (Wildman–Crippen LogP) is 3.23. The number of benzene rings is 2. The molecule has 126 valence electrons. The summed E-state index contributed by atoms with van der Waals surface area (Å²) in [5, 5.41) is 7.35. The van der Waals surface area contributed by atoms with E-state index < -0.39 is 0 Å². The van der Waals surface area contributed by atoms with Crippen molar-refractivity contribution in [2.24, 2.45) is 0 Å². The van der Waals surface area contributed by atoms with Crippen LogP contribution < -0.4 is 10.1 Å². The first-order valence-corrected chi connectivity index (χ1v) is 8.34. The van der Waals surface area contributed by atoms with Crippen LogP contribution in [0.4, 0.5) is 0 Å². The van der Waals surface area contributed by atoms with E-state index in [1.54, 1.807) is 10.9 Å². The lowest BCUT2D eigenvalue weighted by Gasteiger charge is -2.18. The van der Waals surface area contributed by atoms with Crippen LogP contribution in [0.5, 0.6) is 5.75 Å². The highest BCUT2D eigenvalue weighted by Gasteiger charge is 2.30. The third-order valence-corrected chi connectivity index (χ3v) is 4.51. The summed E-state index contributed by atoms with van der Waals surface area (Å²) < 4.78 is 7.42. The van der Waals surface area contributed by atoms with Crippen LogP contribution in [0.1, 0.15) is 30.0 Å². The van der Waals surface area contributed by atoms with E-state index in [0.717, 1.165) is 22.6 Å². The van der Waals surface area contributed by atoms with Gasteiger partial charge in [0.2, 0.25) is 5.91 Å². The van der Waals surface area contributed by atoms with Crippen LogP contribution in [0.3, 0.4) is 0 Å². The molecule has 4 rings (SSSR count). The second-order valence-corrected chi connectivity index (χ2v) is 6.18. The summed E-state index contributed by atoms with van der Waals surface area (Å²) in [6.07, 6.45) is 3.64. The Morgan fingerprint density at radius 3 is 2.96 bits per heavy atom. The molecule has 0 fully saturated rings. The highest BCUT2D eigenvalue weighted by molar-refractivity contribution is 5.85. The van der Waals surface area contributed by atoms with Crippen molar-refractivity contribution >= 4 is 5.91 Å². The van der Waals surface area contributed by atoms with Crippen LogP contribution in [-0.4, -0.2) is 22.3 Å². The van der Waals surface area contributed by atoms with Gasteiger partial charge in [0.25, 0.3) is 0 Å². The summed E-state index contributed by atoms with van der Waals surface area (Å²) >= 11 is 0. The SMILES string of the molecule is C[C@@H](NC(=O)[C@@H]1COc2ccccc21)c1cccc(-n2cccn2)c1. The van der Waals surface area contributed by atoms with Crippen LogP contribution in [0.2, 0.25) is 0 Å². The molecule has 5 heteroatoms. The second-order valence-electron chi connectivity index (χ2n) is 6.18. The second kappa shape index (κ2) is 6.43. The topological polar surface area (TPSA) is 56.1 Å². The molecule has 0 saturated heterocycles. The first kappa shape index (κ1) is 15.4. The summed E-state index contributed by atoms with van der Waals surface area (Å²) in [6.45, 7) is 2.38. The number of ether oxygens (including phenoxy) is 1. The fourth-order valence-electron chi connectivity index (χ4n) is 3.14. The van der Waals surface area contributed by atoms with Gasteiger partial charge in [0.15, 0.2) is 0 Å². The average Bonchev–Trinajstić information content (AvgIpc) is 3.31. The number of rotatable bonds is 4. The summed E-state index contributed by atoms with van der Waals surface area (Å²) in [6, 6.07) is 17.5. The number of carbonyl (C=O) groups excluding carboxylic acids is 1. The summed E-state index contributed by atoms with van der Waals surface area (Å²) in [5.41, 5.74) is 2.96. The van der Waals surface area contributed by atoms with Crippen molar-refractivity contribution in [1.82, 2.24) is 15.1 Å². The number of carbonyl (C=O) groups is 1. The lowest BCUT2D eigenvalue weighted by atomic mass is 9.99. The van der Waals surface area contributed by atoms with Crippen molar-refractivity contribution in [3.63, 3.8) is 0 Å². The van der Waals surface area contributed by atoms with E-state index in [1.807, 2.05) is 67.7 Å². The zero-order chi connectivity index (χ0) is 17.2. The maximum absolute atomic E-state index is 12.7. The molecular formula is C20H19N3O2. The molecule has 2 atom stereocenters. The standard InChI is InChI=1S/C20H19N3O2/c1-14(15-6-4-7-16(12-15)23-11-5-10-21-23)22-20(24)18-13-25-19-9-3-2-8-17(18)19/h2-12,14,18H,13H2,1H3,(H,22,24)/t14-,18-/m1/s1. The summed E-state index contributed by atoms with van der Waals surface area (Å²) in [5.74, 6) is 0.533. The van der Waals surface area contributed by atoms with Crippen molar-refractivity contribution in [2.75, 3.05) is 6.61 Å². The molecule has 1 N–H and O–H groups in total. The Hall–Kier alpha value is -3.08. The Kier molecular flexibility index (Phi) is 3.98. The van der Waals surface area contributed by atoms with E-state index in [4.69, 9.17) is 4.74 Å². The van der Waals surface area contributed by atoms with Crippen molar-refractivity contribution in [3.05, 3.63) is 78.1 Å². The molecule has 0 unspecified atom stereocenters. The van der Waals surface area contributed by atoms with Crippen molar-refractivity contribution in [2.45, 2.75) is 18.9 Å². The molecule has 5 nitrogen and oxygen atoms in total. The van der Waals surface area contributed by atoms with Crippen molar-refractivity contribution in [1.29, 1.82) is 0 Å². The molecule has 1 aliphatic heterocycles. The molecular weight excluding hydrogens is 314 g/mol. The molecule has 0 bridgehead atoms. The Morgan fingerprint density at radius 2 is 2.12 bits per heavy atom. The number of aromatic nitrogens is 2. The van der Waals surface area contributed by atoms with Gasteiger partial charge in [-0.3, -0.25) is 4.79 Å². The quantitative estimate of drug-likeness (QED) is 0.797. The predicted molar refractivity (Wildman–Crippen MR) is 94.8 cm³/mol. The van der Waals surface area contributed by atoms with Gasteiger partial charge in [-0.1, -0.05) is 30.3 Å². The number of nitrogens with one attached hydrogen (secondary N) is 1. The number of para-hydroxylation sites is 1. The molecule has 0 spiro atoms. The minimum absolute atomic E-state index is 0.0121. The number of hydrogen-bond donors (Lipinski definition) is 1. The fraction of sp³-hybridized carbons (Fsp3) is 0.200. The molecule has 25 heavy (non-hydrogen) atoms. The molecule has 1 aromatic heterocycles. The highest BCUT2D eigenvalue weighted by Crippen LogP contribution is 2.34. The van der Waals surface area contributed by atoms with Gasteiger partial charge in [-0.15, -0.1) is 0 Å². The number of hydrogen-bond acceptors (Lipinski definition) is 3. The molecule has 2 heterocycles. The Morgan fingerprint density at radius 1 is 1.24 bits per heavy atom. The molecule has 0 saturated carbocycles. The van der Waals surface area contributed by atoms with Crippen LogP contribution in [-0.2, 0) is 4.79 Å². The van der Waals surface area contributed by atoms with Gasteiger partial charge in [-0.05, 0) is 36.8 Å². The van der Waals surface area contributed by atoms with Crippen molar-refractivity contribution in [3.8, 4) is 11.4 Å². The van der Waals surface area contributed by atoms with Gasteiger partial charge in [-0.25, -0.2) is 4.68 Å². The molecule has 1 aliphatic rings. The van der Waals surface area contributed by atoms with E-state index in [2.05, 4.69) is 10.4 Å². The molecule has 0 radical (unpaired) electrons. The highest BCUT2D eigenvalue weighted by atomic mass is 16.5. The first-order valence-electron chi connectivity index (χ1n) is 8.34. The van der Waals surface area contributed by atoms with Crippen LogP contribution >= 0.6 is 0 Å². The third kappa shape index (κ3) is 3.01. The lowest BCUT2D eigenvalue weighted by Crippen LogP contribution is -2.32. The third-order valence-electron chi connectivity index (χ3n) is 4.51. The van der Waals surface area contributed by atoms with Gasteiger partial charge in [0.1, 0.15) is 18.3 Å². The van der Waals surface area contributed by atoms with E-state index in [9.17, 15) is 4.79 Å². The van der Waals surface area contributed by atoms with Gasteiger partial charge in [-0.2, -0.15) is 5.10 Å². The van der Waals surface area contributed by atoms with Crippen LogP contribution in [0, 0.1) is 0 Å². The smallest absolute Gasteiger partial charge is 0.231 e. The lowest BCUT2D eigenvalue weighted by molar-refractivity contribution is -0.123. The average molecular weight is 333 g/mol. The van der Waals surface area contributed by atoms with Crippen molar-refractivity contribution < 1.29 is 9.53 Å². The minimum Gasteiger partial charge on any atom is -0.492 e. The molecule has 0 aliphatic carbocycles. The van der Waals surface area contributed by atoms with E-state index in [1.165, 1.54) is 0 Å². The summed E-state index contributed by atoms with van der Waals surface area (Å²) in [7, 11) is 0. The van der Waals surface area contributed by atoms with Gasteiger partial charge < -0.3 is 10.1 Å². The maximum atomic E-state index is 12.7. The van der Waals surface area contributed by atoms with Gasteiger partial charge >= 0.3 is 0 Å². The van der Waals surface area contributed by atoms with E-state index >= 15 is 0 Å². The van der Waals surface area contributed by atoms with Gasteiger partial charge in [0, 0.05) is 18.0 Å². The fourth-order valence-corrected chi connectivity index (χ4v) is 3.14. The largest absolute Gasteiger partial charge is 0.492 e. The molecule has 3 aromatic rings.